The Hall–Kier alpha value is -3.35. The highest BCUT2D eigenvalue weighted by Crippen LogP contribution is 2.54. The van der Waals surface area contributed by atoms with Gasteiger partial charge in [-0.05, 0) is 52.8 Å². The van der Waals surface area contributed by atoms with E-state index in [-0.39, 0.29) is 24.3 Å². The Kier molecular flexibility index (Phi) is 5.61. The van der Waals surface area contributed by atoms with E-state index < -0.39 is 29.1 Å². The zero-order valence-electron chi connectivity index (χ0n) is 20.4. The fourth-order valence-electron chi connectivity index (χ4n) is 5.93. The minimum absolute atomic E-state index is 0.00669. The van der Waals surface area contributed by atoms with E-state index in [0.717, 1.165) is 35.1 Å². The number of carboxylic acid groups (broad SMARTS) is 1. The number of ether oxygens (including phenoxy) is 1. The summed E-state index contributed by atoms with van der Waals surface area (Å²) < 4.78 is 5.68. The van der Waals surface area contributed by atoms with Crippen molar-refractivity contribution in [3.63, 3.8) is 0 Å². The van der Waals surface area contributed by atoms with Crippen molar-refractivity contribution in [3.05, 3.63) is 59.7 Å². The van der Waals surface area contributed by atoms with Crippen LogP contribution in [0.3, 0.4) is 0 Å². The Labute approximate surface area is 205 Å². The number of nitrogens with zero attached hydrogens (tertiary/aromatic N) is 1. The van der Waals surface area contributed by atoms with Gasteiger partial charge in [0.15, 0.2) is 0 Å². The van der Waals surface area contributed by atoms with E-state index in [2.05, 4.69) is 29.6 Å². The maximum Gasteiger partial charge on any atom is 0.407 e. The van der Waals surface area contributed by atoms with Gasteiger partial charge in [-0.3, -0.25) is 4.79 Å². The number of carboxylic acids is 1. The van der Waals surface area contributed by atoms with Crippen molar-refractivity contribution in [2.75, 3.05) is 13.2 Å². The van der Waals surface area contributed by atoms with Crippen molar-refractivity contribution in [3.8, 4) is 11.1 Å². The molecule has 35 heavy (non-hydrogen) atoms. The summed E-state index contributed by atoms with van der Waals surface area (Å²) in [6.07, 6.45) is 1.40. The van der Waals surface area contributed by atoms with E-state index in [1.807, 2.05) is 45.0 Å². The average molecular weight is 477 g/mol. The Morgan fingerprint density at radius 3 is 2.26 bits per heavy atom. The van der Waals surface area contributed by atoms with Gasteiger partial charge < -0.3 is 20.1 Å². The minimum atomic E-state index is -1.12. The molecule has 7 heteroatoms. The monoisotopic (exact) mass is 476 g/mol. The molecule has 3 aliphatic rings. The Morgan fingerprint density at radius 1 is 1.09 bits per heavy atom. The van der Waals surface area contributed by atoms with Gasteiger partial charge in [0.1, 0.15) is 18.2 Å². The highest BCUT2D eigenvalue weighted by Gasteiger charge is 2.67. The molecule has 2 aliphatic carbocycles. The van der Waals surface area contributed by atoms with Crippen LogP contribution >= 0.6 is 0 Å². The Morgan fingerprint density at radius 2 is 1.69 bits per heavy atom. The molecule has 2 aromatic rings. The molecule has 2 amide bonds. The summed E-state index contributed by atoms with van der Waals surface area (Å²) >= 11 is 0. The highest BCUT2D eigenvalue weighted by atomic mass is 16.5. The van der Waals surface area contributed by atoms with Crippen molar-refractivity contribution in [2.24, 2.45) is 11.3 Å². The van der Waals surface area contributed by atoms with Crippen molar-refractivity contribution in [1.82, 2.24) is 10.2 Å². The first-order chi connectivity index (χ1) is 16.6. The van der Waals surface area contributed by atoms with Gasteiger partial charge in [0.05, 0.1) is 0 Å². The maximum absolute atomic E-state index is 13.6. The van der Waals surface area contributed by atoms with Crippen LogP contribution in [0, 0.1) is 11.3 Å². The van der Waals surface area contributed by atoms with Gasteiger partial charge in [-0.25, -0.2) is 9.59 Å². The maximum atomic E-state index is 13.6. The average Bonchev–Trinajstić information content (AvgIpc) is 3.51. The van der Waals surface area contributed by atoms with E-state index in [4.69, 9.17) is 4.74 Å². The Bertz CT molecular complexity index is 1140. The lowest BCUT2D eigenvalue weighted by atomic mass is 9.85. The summed E-state index contributed by atoms with van der Waals surface area (Å²) in [5.74, 6) is -1.39. The number of carbonyl (C=O) groups is 3. The first-order valence-corrected chi connectivity index (χ1v) is 12.3. The number of fused-ring (bicyclic) bond motifs is 4. The molecular formula is C28H32N2O5. The third kappa shape index (κ3) is 3.87. The number of carbonyl (C=O) groups excluding carboxylic acids is 2. The first-order valence-electron chi connectivity index (χ1n) is 12.3. The number of nitrogens with one attached hydrogen (secondary N) is 1. The van der Waals surface area contributed by atoms with Gasteiger partial charge >= 0.3 is 12.1 Å². The van der Waals surface area contributed by atoms with Gasteiger partial charge in [0, 0.05) is 12.5 Å². The topological polar surface area (TPSA) is 95.9 Å². The Balaban J connectivity index is 1.31. The van der Waals surface area contributed by atoms with Crippen LogP contribution in [0.25, 0.3) is 11.1 Å². The third-order valence-electron chi connectivity index (χ3n) is 7.84. The molecule has 2 fully saturated rings. The first kappa shape index (κ1) is 23.4. The molecule has 2 N–H and O–H groups in total. The highest BCUT2D eigenvalue weighted by molar-refractivity contribution is 5.94. The molecule has 1 aliphatic heterocycles. The SMILES string of the molecule is CC(C)(C)[C@H](NC(=O)OCC1c2ccccc2-c2ccccc21)C(=O)N1CCC[C@H]2C[C@]21C(=O)O. The number of alkyl carbamates (subject to hydrolysis) is 1. The molecule has 2 aromatic carbocycles. The number of hydrogen-bond acceptors (Lipinski definition) is 4. The number of piperidine rings is 1. The van der Waals surface area contributed by atoms with Crippen LogP contribution in [-0.4, -0.2) is 52.7 Å². The quantitative estimate of drug-likeness (QED) is 0.667. The smallest absolute Gasteiger partial charge is 0.407 e. The zero-order chi connectivity index (χ0) is 25.0. The lowest BCUT2D eigenvalue weighted by Gasteiger charge is -2.39. The van der Waals surface area contributed by atoms with E-state index in [1.165, 1.54) is 4.90 Å². The molecule has 0 radical (unpaired) electrons. The van der Waals surface area contributed by atoms with Gasteiger partial charge in [-0.1, -0.05) is 69.3 Å². The molecule has 0 unspecified atom stereocenters. The number of amides is 2. The van der Waals surface area contributed by atoms with Crippen LogP contribution in [-0.2, 0) is 14.3 Å². The van der Waals surface area contributed by atoms with Gasteiger partial charge in [0.2, 0.25) is 5.91 Å². The summed E-state index contributed by atoms with van der Waals surface area (Å²) in [6, 6.07) is 15.3. The van der Waals surface area contributed by atoms with E-state index in [9.17, 15) is 19.5 Å². The molecular weight excluding hydrogens is 444 g/mol. The number of hydrogen-bond donors (Lipinski definition) is 2. The normalized spacial score (nSPS) is 23.5. The zero-order valence-corrected chi connectivity index (χ0v) is 20.4. The lowest BCUT2D eigenvalue weighted by molar-refractivity contribution is -0.156. The van der Waals surface area contributed by atoms with E-state index >= 15 is 0 Å². The fraction of sp³-hybridized carbons (Fsp3) is 0.464. The molecule has 0 spiro atoms. The second kappa shape index (κ2) is 8.40. The molecule has 1 saturated carbocycles. The molecule has 0 aromatic heterocycles. The second-order valence-corrected chi connectivity index (χ2v) is 11.0. The minimum Gasteiger partial charge on any atom is -0.479 e. The molecule has 0 bridgehead atoms. The van der Waals surface area contributed by atoms with Crippen molar-refractivity contribution in [2.45, 2.75) is 57.5 Å². The van der Waals surface area contributed by atoms with Crippen molar-refractivity contribution in [1.29, 1.82) is 0 Å². The van der Waals surface area contributed by atoms with E-state index in [1.54, 1.807) is 0 Å². The van der Waals surface area contributed by atoms with Crippen LogP contribution in [0.2, 0.25) is 0 Å². The number of rotatable bonds is 5. The second-order valence-electron chi connectivity index (χ2n) is 11.0. The van der Waals surface area contributed by atoms with Crippen LogP contribution in [0.4, 0.5) is 4.79 Å². The summed E-state index contributed by atoms with van der Waals surface area (Å²) in [7, 11) is 0. The van der Waals surface area contributed by atoms with Crippen LogP contribution in [0.1, 0.15) is 57.1 Å². The van der Waals surface area contributed by atoms with Crippen molar-refractivity contribution >= 4 is 18.0 Å². The van der Waals surface area contributed by atoms with Gasteiger partial charge in [0.25, 0.3) is 0 Å². The molecule has 1 heterocycles. The summed E-state index contributed by atoms with van der Waals surface area (Å²) in [5.41, 5.74) is 2.76. The predicted molar refractivity (Wildman–Crippen MR) is 131 cm³/mol. The molecule has 1 saturated heterocycles. The fourth-order valence-corrected chi connectivity index (χ4v) is 5.93. The van der Waals surface area contributed by atoms with E-state index in [0.29, 0.717) is 13.0 Å². The van der Waals surface area contributed by atoms with Crippen LogP contribution < -0.4 is 5.32 Å². The summed E-state index contributed by atoms with van der Waals surface area (Å²) in [6.45, 7) is 6.12. The van der Waals surface area contributed by atoms with Gasteiger partial charge in [-0.15, -0.1) is 0 Å². The number of aliphatic carboxylic acids is 1. The molecule has 184 valence electrons. The third-order valence-corrected chi connectivity index (χ3v) is 7.84. The number of benzene rings is 2. The number of likely N-dealkylation sites (tertiary alicyclic amines) is 1. The summed E-state index contributed by atoms with van der Waals surface area (Å²) in [4.78, 5) is 40.1. The molecule has 3 atom stereocenters. The largest absolute Gasteiger partial charge is 0.479 e. The van der Waals surface area contributed by atoms with Crippen molar-refractivity contribution < 1.29 is 24.2 Å². The molecule has 7 nitrogen and oxygen atoms in total. The lowest BCUT2D eigenvalue weighted by Crippen LogP contribution is -2.60. The molecule has 5 rings (SSSR count). The van der Waals surface area contributed by atoms with Crippen LogP contribution in [0.5, 0.6) is 0 Å². The predicted octanol–water partition coefficient (Wildman–Crippen LogP) is 4.41. The summed E-state index contributed by atoms with van der Waals surface area (Å²) in [5, 5.41) is 12.7. The van der Waals surface area contributed by atoms with Crippen LogP contribution in [0.15, 0.2) is 48.5 Å². The standard InChI is InChI=1S/C28H32N2O5/c1-27(2,3)23(24(31)30-14-8-9-17-15-28(17,30)25(32)33)29-26(34)35-16-22-20-12-6-4-10-18(20)19-11-5-7-13-21(19)22/h4-7,10-13,17,22-23H,8-9,14-16H2,1-3H3,(H,29,34)(H,32,33)/t17-,23+,28+/m0/s1. The van der Waals surface area contributed by atoms with Gasteiger partial charge in [-0.2, -0.15) is 0 Å².